The van der Waals surface area contributed by atoms with Gasteiger partial charge in [-0.2, -0.15) is 0 Å². The molecule has 1 amide bonds. The summed E-state index contributed by atoms with van der Waals surface area (Å²) in [5.41, 5.74) is -0.435. The van der Waals surface area contributed by atoms with E-state index in [1.54, 1.807) is 4.90 Å². The third-order valence-corrected chi connectivity index (χ3v) is 3.71. The third kappa shape index (κ3) is 5.67. The average Bonchev–Trinajstić information content (AvgIpc) is 2.36. The molecule has 20 heavy (non-hydrogen) atoms. The first kappa shape index (κ1) is 17.2. The molecule has 5 heteroatoms. The molecule has 0 saturated carbocycles. The second-order valence-electron chi connectivity index (χ2n) is 6.70. The van der Waals surface area contributed by atoms with Crippen LogP contribution in [-0.4, -0.2) is 65.4 Å². The second-order valence-corrected chi connectivity index (χ2v) is 6.70. The second kappa shape index (κ2) is 7.27. The van der Waals surface area contributed by atoms with Crippen molar-refractivity contribution in [1.82, 2.24) is 9.80 Å². The van der Waals surface area contributed by atoms with E-state index in [4.69, 9.17) is 4.74 Å². The molecule has 1 unspecified atom stereocenters. The minimum absolute atomic E-state index is 0.216. The molecule has 1 rings (SSSR count). The molecule has 0 spiro atoms. The van der Waals surface area contributed by atoms with Crippen LogP contribution in [0.25, 0.3) is 0 Å². The maximum atomic E-state index is 12.0. The Balaban J connectivity index is 2.38. The molecule has 1 saturated heterocycles. The fourth-order valence-corrected chi connectivity index (χ4v) is 2.43. The lowest BCUT2D eigenvalue weighted by molar-refractivity contribution is 0.0127. The Labute approximate surface area is 122 Å². The van der Waals surface area contributed by atoms with Gasteiger partial charge >= 0.3 is 6.09 Å². The van der Waals surface area contributed by atoms with Crippen LogP contribution >= 0.6 is 0 Å². The summed E-state index contributed by atoms with van der Waals surface area (Å²) in [4.78, 5) is 16.0. The zero-order chi connectivity index (χ0) is 15.3. The van der Waals surface area contributed by atoms with Gasteiger partial charge in [-0.15, -0.1) is 0 Å². The minimum Gasteiger partial charge on any atom is -0.444 e. The molecule has 0 aromatic carbocycles. The number of carbonyl (C=O) groups is 1. The monoisotopic (exact) mass is 286 g/mol. The number of likely N-dealkylation sites (N-methyl/N-ethyl adjacent to an activating group) is 1. The van der Waals surface area contributed by atoms with Crippen LogP contribution < -0.4 is 0 Å². The summed E-state index contributed by atoms with van der Waals surface area (Å²) in [5.74, 6) is 0. The molecule has 1 aliphatic rings. The van der Waals surface area contributed by atoms with Gasteiger partial charge in [-0.05, 0) is 47.1 Å². The van der Waals surface area contributed by atoms with E-state index >= 15 is 0 Å². The van der Waals surface area contributed by atoms with Crippen LogP contribution in [0.4, 0.5) is 4.79 Å². The van der Waals surface area contributed by atoms with Crippen LogP contribution in [0.5, 0.6) is 0 Å². The molecule has 1 fully saturated rings. The van der Waals surface area contributed by atoms with Crippen molar-refractivity contribution < 1.29 is 14.6 Å². The molecule has 1 heterocycles. The van der Waals surface area contributed by atoms with Crippen LogP contribution in [0, 0.1) is 0 Å². The zero-order valence-corrected chi connectivity index (χ0v) is 13.6. The van der Waals surface area contributed by atoms with Gasteiger partial charge in [-0.25, -0.2) is 4.79 Å². The van der Waals surface area contributed by atoms with Crippen LogP contribution in [0.2, 0.25) is 0 Å². The molecule has 1 aliphatic heterocycles. The predicted molar refractivity (Wildman–Crippen MR) is 79.8 cm³/mol. The van der Waals surface area contributed by atoms with Crippen molar-refractivity contribution in [3.05, 3.63) is 0 Å². The maximum absolute atomic E-state index is 12.0. The summed E-state index contributed by atoms with van der Waals surface area (Å²) in [6.45, 7) is 9.81. The van der Waals surface area contributed by atoms with Crippen molar-refractivity contribution in [2.24, 2.45) is 0 Å². The maximum Gasteiger partial charge on any atom is 0.410 e. The van der Waals surface area contributed by atoms with Gasteiger partial charge in [0, 0.05) is 25.7 Å². The lowest BCUT2D eigenvalue weighted by Gasteiger charge is -2.37. The lowest BCUT2D eigenvalue weighted by atomic mass is 10.0. The number of amides is 1. The molecular formula is C15H30N2O3. The number of ether oxygens (including phenoxy) is 1. The first-order chi connectivity index (χ1) is 9.23. The number of carbonyl (C=O) groups excluding carboxylic acids is 1. The standard InChI is InChI=1S/C15H30N2O3/c1-6-13(18)11-16(5)12-7-9-17(10-8-12)14(19)20-15(2,3)4/h12-13,18H,6-11H2,1-5H3. The van der Waals surface area contributed by atoms with E-state index in [9.17, 15) is 9.90 Å². The van der Waals surface area contributed by atoms with Gasteiger partial charge in [-0.3, -0.25) is 0 Å². The molecule has 5 nitrogen and oxygen atoms in total. The summed E-state index contributed by atoms with van der Waals surface area (Å²) in [7, 11) is 2.05. The SMILES string of the molecule is CCC(O)CN(C)C1CCN(C(=O)OC(C)(C)C)CC1. The highest BCUT2D eigenvalue weighted by Crippen LogP contribution is 2.18. The number of aliphatic hydroxyl groups excluding tert-OH is 1. The van der Waals surface area contributed by atoms with Crippen LogP contribution in [0.1, 0.15) is 47.0 Å². The van der Waals surface area contributed by atoms with Crippen LogP contribution in [-0.2, 0) is 4.74 Å². The Kier molecular flexibility index (Phi) is 6.27. The summed E-state index contributed by atoms with van der Waals surface area (Å²) < 4.78 is 5.39. The summed E-state index contributed by atoms with van der Waals surface area (Å²) in [5, 5.41) is 9.70. The van der Waals surface area contributed by atoms with Gasteiger partial charge in [-0.1, -0.05) is 6.92 Å². The highest BCUT2D eigenvalue weighted by Gasteiger charge is 2.28. The molecule has 0 aromatic rings. The molecule has 0 aromatic heterocycles. The van der Waals surface area contributed by atoms with Gasteiger partial charge in [0.05, 0.1) is 6.10 Å². The highest BCUT2D eigenvalue weighted by atomic mass is 16.6. The number of likely N-dealkylation sites (tertiary alicyclic amines) is 1. The smallest absolute Gasteiger partial charge is 0.410 e. The Morgan fingerprint density at radius 3 is 2.40 bits per heavy atom. The van der Waals surface area contributed by atoms with Crippen molar-refractivity contribution in [3.8, 4) is 0 Å². The molecular weight excluding hydrogens is 256 g/mol. The first-order valence-corrected chi connectivity index (χ1v) is 7.59. The van der Waals surface area contributed by atoms with Gasteiger partial charge in [0.2, 0.25) is 0 Å². The Morgan fingerprint density at radius 1 is 1.40 bits per heavy atom. The van der Waals surface area contributed by atoms with Crippen LogP contribution in [0.15, 0.2) is 0 Å². The van der Waals surface area contributed by atoms with E-state index in [0.717, 1.165) is 32.4 Å². The van der Waals surface area contributed by atoms with Crippen molar-refractivity contribution in [2.75, 3.05) is 26.7 Å². The molecule has 1 atom stereocenters. The van der Waals surface area contributed by atoms with Gasteiger partial charge in [0.15, 0.2) is 0 Å². The van der Waals surface area contributed by atoms with E-state index in [0.29, 0.717) is 12.6 Å². The van der Waals surface area contributed by atoms with Gasteiger partial charge in [0.25, 0.3) is 0 Å². The minimum atomic E-state index is -0.435. The van der Waals surface area contributed by atoms with Crippen molar-refractivity contribution in [3.63, 3.8) is 0 Å². The number of rotatable bonds is 4. The lowest BCUT2D eigenvalue weighted by Crippen LogP contribution is -2.48. The van der Waals surface area contributed by atoms with Crippen molar-refractivity contribution in [2.45, 2.75) is 64.7 Å². The Bertz CT molecular complexity index is 307. The number of hydrogen-bond acceptors (Lipinski definition) is 4. The summed E-state index contributed by atoms with van der Waals surface area (Å²) in [6.07, 6.45) is 2.18. The number of aliphatic hydroxyl groups is 1. The largest absolute Gasteiger partial charge is 0.444 e. The van der Waals surface area contributed by atoms with Crippen molar-refractivity contribution in [1.29, 1.82) is 0 Å². The fraction of sp³-hybridized carbons (Fsp3) is 0.933. The molecule has 118 valence electrons. The highest BCUT2D eigenvalue weighted by molar-refractivity contribution is 5.68. The predicted octanol–water partition coefficient (Wildman–Crippen LogP) is 2.09. The Hall–Kier alpha value is -0.810. The molecule has 0 radical (unpaired) electrons. The molecule has 0 aliphatic carbocycles. The quantitative estimate of drug-likeness (QED) is 0.860. The van der Waals surface area contributed by atoms with E-state index < -0.39 is 5.60 Å². The number of nitrogens with zero attached hydrogens (tertiary/aromatic N) is 2. The number of hydrogen-bond donors (Lipinski definition) is 1. The Morgan fingerprint density at radius 2 is 1.95 bits per heavy atom. The van der Waals surface area contributed by atoms with E-state index in [1.807, 2.05) is 34.7 Å². The zero-order valence-electron chi connectivity index (χ0n) is 13.6. The normalized spacial score (nSPS) is 19.2. The van der Waals surface area contributed by atoms with E-state index in [-0.39, 0.29) is 12.2 Å². The van der Waals surface area contributed by atoms with E-state index in [2.05, 4.69) is 4.90 Å². The topological polar surface area (TPSA) is 53.0 Å². The third-order valence-electron chi connectivity index (χ3n) is 3.71. The first-order valence-electron chi connectivity index (χ1n) is 7.59. The van der Waals surface area contributed by atoms with Crippen LogP contribution in [0.3, 0.4) is 0 Å². The number of piperidine rings is 1. The van der Waals surface area contributed by atoms with E-state index in [1.165, 1.54) is 0 Å². The average molecular weight is 286 g/mol. The van der Waals surface area contributed by atoms with Gasteiger partial charge < -0.3 is 19.6 Å². The van der Waals surface area contributed by atoms with Crippen molar-refractivity contribution >= 4 is 6.09 Å². The molecule has 1 N–H and O–H groups in total. The summed E-state index contributed by atoms with van der Waals surface area (Å²) >= 11 is 0. The van der Waals surface area contributed by atoms with Gasteiger partial charge in [0.1, 0.15) is 5.60 Å². The summed E-state index contributed by atoms with van der Waals surface area (Å²) in [6, 6.07) is 0.440. The molecule has 0 bridgehead atoms. The fourth-order valence-electron chi connectivity index (χ4n) is 2.43.